The Hall–Kier alpha value is -0.320. The molecule has 14 heavy (non-hydrogen) atoms. The van der Waals surface area contributed by atoms with Crippen LogP contribution in [-0.4, -0.2) is 22.6 Å². The maximum absolute atomic E-state index is 5.94. The van der Waals surface area contributed by atoms with Crippen molar-refractivity contribution < 1.29 is 0 Å². The summed E-state index contributed by atoms with van der Waals surface area (Å²) in [5.74, 6) is 0. The van der Waals surface area contributed by atoms with Gasteiger partial charge in [-0.3, -0.25) is 9.30 Å². The molecular formula is C9H7ClN2S2. The van der Waals surface area contributed by atoms with Gasteiger partial charge in [0.2, 0.25) is 0 Å². The van der Waals surface area contributed by atoms with E-state index in [4.69, 9.17) is 11.6 Å². The third-order valence-corrected chi connectivity index (χ3v) is 4.78. The predicted molar refractivity (Wildman–Crippen MR) is 62.2 cm³/mol. The number of fused-ring (bicyclic) bond motifs is 2. The lowest BCUT2D eigenvalue weighted by atomic mass is 10.4. The van der Waals surface area contributed by atoms with Crippen molar-refractivity contribution in [2.24, 2.45) is 4.99 Å². The topological polar surface area (TPSA) is 15.6 Å². The van der Waals surface area contributed by atoms with Crippen molar-refractivity contribution in [1.29, 1.82) is 0 Å². The summed E-state index contributed by atoms with van der Waals surface area (Å²) in [6.07, 6.45) is 0. The number of nitrogens with zero attached hydrogens (tertiary/aromatic N) is 2. The zero-order valence-corrected chi connectivity index (χ0v) is 9.62. The molecule has 3 rings (SSSR count). The smallest absolute Gasteiger partial charge is 0.174 e. The van der Waals surface area contributed by atoms with Crippen LogP contribution < -0.4 is 0 Å². The van der Waals surface area contributed by atoms with Gasteiger partial charge in [0.05, 0.1) is 13.1 Å². The molecule has 0 spiro atoms. The summed E-state index contributed by atoms with van der Waals surface area (Å²) >= 11 is 9.42. The molecule has 2 heterocycles. The molecule has 2 aliphatic rings. The Morgan fingerprint density at radius 1 is 1.36 bits per heavy atom. The zero-order valence-electron chi connectivity index (χ0n) is 7.24. The number of hydrogen-bond acceptors (Lipinski definition) is 4. The molecule has 0 saturated heterocycles. The summed E-state index contributed by atoms with van der Waals surface area (Å²) in [4.78, 5) is 6.93. The molecule has 0 amide bonds. The third kappa shape index (κ3) is 1.42. The van der Waals surface area contributed by atoms with Gasteiger partial charge in [0.25, 0.3) is 0 Å². The van der Waals surface area contributed by atoms with Crippen LogP contribution in [0.5, 0.6) is 0 Å². The average molecular weight is 243 g/mol. The molecule has 0 N–H and O–H groups in total. The minimum absolute atomic E-state index is 0.795. The average Bonchev–Trinajstić information content (AvgIpc) is 2.61. The Labute approximate surface area is 95.9 Å². The normalized spacial score (nSPS) is 18.9. The molecule has 72 valence electrons. The highest BCUT2D eigenvalue weighted by Gasteiger charge is 2.26. The summed E-state index contributed by atoms with van der Waals surface area (Å²) in [6, 6.07) is 6.02. The molecule has 0 radical (unpaired) electrons. The van der Waals surface area contributed by atoms with Crippen LogP contribution in [-0.2, 0) is 0 Å². The molecule has 1 aromatic rings. The highest BCUT2D eigenvalue weighted by atomic mass is 35.5. The molecule has 0 fully saturated rings. The first-order chi connectivity index (χ1) is 6.83. The van der Waals surface area contributed by atoms with E-state index in [2.05, 4.69) is 15.4 Å². The molecule has 0 atom stereocenters. The van der Waals surface area contributed by atoms with Gasteiger partial charge in [0, 0.05) is 14.8 Å². The molecular weight excluding hydrogens is 236 g/mol. The standard InChI is InChI=1S/C9H7ClN2S2/c10-6-1-2-7-8(5-6)13-9-11-3-4-12(9)14-7/h1-2,5H,3-4H2. The van der Waals surface area contributed by atoms with E-state index >= 15 is 0 Å². The summed E-state index contributed by atoms with van der Waals surface area (Å²) < 4.78 is 2.24. The maximum atomic E-state index is 5.94. The Morgan fingerprint density at radius 2 is 2.29 bits per heavy atom. The lowest BCUT2D eigenvalue weighted by molar-refractivity contribution is 0.739. The van der Waals surface area contributed by atoms with Crippen molar-refractivity contribution >= 4 is 40.5 Å². The molecule has 5 heteroatoms. The molecule has 0 bridgehead atoms. The van der Waals surface area contributed by atoms with Crippen LogP contribution in [0.3, 0.4) is 0 Å². The fourth-order valence-corrected chi connectivity index (χ4v) is 3.85. The second-order valence-corrected chi connectivity index (χ2v) is 5.56. The van der Waals surface area contributed by atoms with Crippen molar-refractivity contribution in [3.63, 3.8) is 0 Å². The van der Waals surface area contributed by atoms with E-state index < -0.39 is 0 Å². The number of benzene rings is 1. The first-order valence-corrected chi connectivity index (χ1v) is 6.27. The number of amidine groups is 1. The first-order valence-electron chi connectivity index (χ1n) is 4.30. The SMILES string of the molecule is Clc1ccc2c(c1)SC1=NCCN1S2. The van der Waals surface area contributed by atoms with E-state index in [1.807, 2.05) is 12.1 Å². The lowest BCUT2D eigenvalue weighted by Gasteiger charge is -2.24. The molecule has 2 aliphatic heterocycles. The van der Waals surface area contributed by atoms with Gasteiger partial charge in [-0.15, -0.1) is 0 Å². The van der Waals surface area contributed by atoms with E-state index in [0.717, 1.165) is 23.3 Å². The zero-order chi connectivity index (χ0) is 9.54. The lowest BCUT2D eigenvalue weighted by Crippen LogP contribution is -2.20. The Balaban J connectivity index is 2.04. The number of aliphatic imine (C=N–C) groups is 1. The third-order valence-electron chi connectivity index (χ3n) is 2.08. The van der Waals surface area contributed by atoms with E-state index in [1.165, 1.54) is 9.79 Å². The van der Waals surface area contributed by atoms with E-state index in [9.17, 15) is 0 Å². The van der Waals surface area contributed by atoms with Crippen molar-refractivity contribution in [2.45, 2.75) is 9.79 Å². The van der Waals surface area contributed by atoms with Crippen molar-refractivity contribution in [3.05, 3.63) is 23.2 Å². The van der Waals surface area contributed by atoms with Crippen molar-refractivity contribution in [2.75, 3.05) is 13.1 Å². The summed E-state index contributed by atoms with van der Waals surface area (Å²) in [6.45, 7) is 1.94. The van der Waals surface area contributed by atoms with Crippen LogP contribution in [0.1, 0.15) is 0 Å². The van der Waals surface area contributed by atoms with E-state index in [1.54, 1.807) is 23.7 Å². The minimum atomic E-state index is 0.795. The first kappa shape index (κ1) is 8.95. The minimum Gasteiger partial charge on any atom is -0.289 e. The molecule has 1 aromatic carbocycles. The van der Waals surface area contributed by atoms with Crippen LogP contribution >= 0.6 is 35.3 Å². The molecule has 2 nitrogen and oxygen atoms in total. The van der Waals surface area contributed by atoms with Crippen LogP contribution in [0.15, 0.2) is 33.0 Å². The Kier molecular flexibility index (Phi) is 2.15. The van der Waals surface area contributed by atoms with Gasteiger partial charge in [0.1, 0.15) is 0 Å². The van der Waals surface area contributed by atoms with Crippen molar-refractivity contribution in [3.8, 4) is 0 Å². The Bertz CT molecular complexity index is 419. The van der Waals surface area contributed by atoms with Gasteiger partial charge in [-0.2, -0.15) is 0 Å². The van der Waals surface area contributed by atoms with Crippen LogP contribution in [0.2, 0.25) is 5.02 Å². The second kappa shape index (κ2) is 3.36. The van der Waals surface area contributed by atoms with Crippen LogP contribution in [0.25, 0.3) is 0 Å². The van der Waals surface area contributed by atoms with Crippen LogP contribution in [0, 0.1) is 0 Å². The number of thioether (sulfide) groups is 1. The highest BCUT2D eigenvalue weighted by Crippen LogP contribution is 2.43. The van der Waals surface area contributed by atoms with E-state index in [0.29, 0.717) is 0 Å². The number of halogens is 1. The van der Waals surface area contributed by atoms with Gasteiger partial charge in [-0.25, -0.2) is 0 Å². The monoisotopic (exact) mass is 242 g/mol. The van der Waals surface area contributed by atoms with Crippen LogP contribution in [0.4, 0.5) is 0 Å². The largest absolute Gasteiger partial charge is 0.289 e. The summed E-state index contributed by atoms with van der Waals surface area (Å²) in [5, 5.41) is 1.91. The van der Waals surface area contributed by atoms with Gasteiger partial charge in [0.15, 0.2) is 5.17 Å². The predicted octanol–water partition coefficient (Wildman–Crippen LogP) is 3.12. The van der Waals surface area contributed by atoms with E-state index in [-0.39, 0.29) is 0 Å². The van der Waals surface area contributed by atoms with Gasteiger partial charge >= 0.3 is 0 Å². The number of hydrogen-bond donors (Lipinski definition) is 0. The fraction of sp³-hybridized carbons (Fsp3) is 0.222. The highest BCUT2D eigenvalue weighted by molar-refractivity contribution is 8.16. The van der Waals surface area contributed by atoms with Gasteiger partial charge < -0.3 is 0 Å². The Morgan fingerprint density at radius 3 is 3.21 bits per heavy atom. The van der Waals surface area contributed by atoms with Gasteiger partial charge in [-0.1, -0.05) is 23.4 Å². The molecule has 0 aromatic heterocycles. The van der Waals surface area contributed by atoms with Gasteiger partial charge in [-0.05, 0) is 30.1 Å². The fourth-order valence-electron chi connectivity index (χ4n) is 1.43. The summed E-state index contributed by atoms with van der Waals surface area (Å²) in [5.41, 5.74) is 0. The molecule has 0 aliphatic carbocycles. The quantitative estimate of drug-likeness (QED) is 0.650. The maximum Gasteiger partial charge on any atom is 0.174 e. The number of rotatable bonds is 0. The van der Waals surface area contributed by atoms with Crippen molar-refractivity contribution in [1.82, 2.24) is 4.31 Å². The molecule has 0 unspecified atom stereocenters. The molecule has 0 saturated carbocycles. The second-order valence-electron chi connectivity index (χ2n) is 3.05. The summed E-state index contributed by atoms with van der Waals surface area (Å²) in [7, 11) is 0.